The highest BCUT2D eigenvalue weighted by atomic mass is 19.4. The molecule has 0 fully saturated rings. The van der Waals surface area contributed by atoms with Gasteiger partial charge in [0.25, 0.3) is 0 Å². The number of alkyl halides is 3. The predicted octanol–water partition coefficient (Wildman–Crippen LogP) is 4.82. The van der Waals surface area contributed by atoms with Crippen LogP contribution in [0.25, 0.3) is 11.2 Å². The number of nitriles is 1. The van der Waals surface area contributed by atoms with Gasteiger partial charge in [0.1, 0.15) is 11.8 Å². The van der Waals surface area contributed by atoms with Gasteiger partial charge in [0.2, 0.25) is 5.95 Å². The molecule has 2 aromatic heterocycles. The van der Waals surface area contributed by atoms with E-state index in [1.807, 2.05) is 6.07 Å². The zero-order valence-electron chi connectivity index (χ0n) is 18.0. The molecule has 0 saturated heterocycles. The Balaban J connectivity index is 1.83. The zero-order valence-corrected chi connectivity index (χ0v) is 18.0. The van der Waals surface area contributed by atoms with Crippen molar-refractivity contribution in [3.05, 3.63) is 89.0 Å². The number of carboxylic acid groups (broad SMARTS) is 1. The molecule has 174 valence electrons. The highest BCUT2D eigenvalue weighted by Gasteiger charge is 2.39. The Hall–Kier alpha value is -4.72. The van der Waals surface area contributed by atoms with Gasteiger partial charge in [-0.05, 0) is 42.8 Å². The van der Waals surface area contributed by atoms with Gasteiger partial charge in [0, 0.05) is 11.4 Å². The van der Waals surface area contributed by atoms with Gasteiger partial charge in [-0.2, -0.15) is 23.4 Å². The summed E-state index contributed by atoms with van der Waals surface area (Å²) in [5.74, 6) is -1.06. The molecule has 5 rings (SSSR count). The van der Waals surface area contributed by atoms with E-state index in [-0.39, 0.29) is 28.6 Å². The van der Waals surface area contributed by atoms with Crippen LogP contribution in [0.4, 0.5) is 24.8 Å². The second kappa shape index (κ2) is 7.95. The highest BCUT2D eigenvalue weighted by Crippen LogP contribution is 2.45. The molecule has 3 heterocycles. The summed E-state index contributed by atoms with van der Waals surface area (Å²) in [6, 6.07) is 12.1. The van der Waals surface area contributed by atoms with Crippen LogP contribution in [-0.4, -0.2) is 30.6 Å². The van der Waals surface area contributed by atoms with Crippen LogP contribution in [0.3, 0.4) is 0 Å². The minimum absolute atomic E-state index is 0.0669. The first-order chi connectivity index (χ1) is 16.7. The SMILES string of the molecule is CC1=C(C(=O)O)C(c2ccc(C#N)cc2)n2c(nc3ncncc32)N1c1cccc(C(F)(F)F)c1. The van der Waals surface area contributed by atoms with Gasteiger partial charge in [-0.3, -0.25) is 9.47 Å². The van der Waals surface area contributed by atoms with Crippen molar-refractivity contribution in [1.82, 2.24) is 19.5 Å². The fourth-order valence-corrected chi connectivity index (χ4v) is 4.30. The summed E-state index contributed by atoms with van der Waals surface area (Å²) in [7, 11) is 0. The Morgan fingerprint density at radius 1 is 1.17 bits per heavy atom. The highest BCUT2D eigenvalue weighted by molar-refractivity contribution is 5.94. The van der Waals surface area contributed by atoms with Crippen LogP contribution in [-0.2, 0) is 11.0 Å². The number of halogens is 3. The van der Waals surface area contributed by atoms with Gasteiger partial charge in [-0.1, -0.05) is 18.2 Å². The maximum absolute atomic E-state index is 13.5. The van der Waals surface area contributed by atoms with E-state index in [9.17, 15) is 23.1 Å². The molecule has 1 unspecified atom stereocenters. The molecule has 0 bridgehead atoms. The van der Waals surface area contributed by atoms with E-state index in [0.29, 0.717) is 16.6 Å². The van der Waals surface area contributed by atoms with Gasteiger partial charge >= 0.3 is 12.1 Å². The van der Waals surface area contributed by atoms with Crippen molar-refractivity contribution in [3.63, 3.8) is 0 Å². The number of allylic oxidation sites excluding steroid dienone is 1. The lowest BCUT2D eigenvalue weighted by Gasteiger charge is -2.36. The predicted molar refractivity (Wildman–Crippen MR) is 119 cm³/mol. The molecule has 1 N–H and O–H groups in total. The summed E-state index contributed by atoms with van der Waals surface area (Å²) in [5, 5.41) is 19.4. The lowest BCUT2D eigenvalue weighted by molar-refractivity contribution is -0.137. The van der Waals surface area contributed by atoms with Gasteiger partial charge in [-0.25, -0.2) is 14.8 Å². The molecular weight excluding hydrogens is 461 g/mol. The number of benzene rings is 2. The number of aromatic nitrogens is 4. The molecule has 0 saturated carbocycles. The Morgan fingerprint density at radius 2 is 1.91 bits per heavy atom. The summed E-state index contributed by atoms with van der Waals surface area (Å²) in [4.78, 5) is 26.7. The number of imidazole rings is 1. The van der Waals surface area contributed by atoms with Crippen molar-refractivity contribution in [3.8, 4) is 6.07 Å². The zero-order chi connectivity index (χ0) is 24.9. The largest absolute Gasteiger partial charge is 0.478 e. The molecule has 1 aliphatic heterocycles. The maximum atomic E-state index is 13.5. The standard InChI is InChI=1S/C24H15F3N6O2/c1-13-19(22(34)35)20(15-7-5-14(10-28)6-8-15)33-18-11-29-12-30-21(18)31-23(33)32(13)17-4-2-3-16(9-17)24(25,26)27/h2-9,11-12,20H,1H3,(H,34,35). The van der Waals surface area contributed by atoms with Gasteiger partial charge < -0.3 is 5.11 Å². The number of carbonyl (C=O) groups is 1. The molecule has 0 aliphatic carbocycles. The first kappa shape index (κ1) is 22.1. The third-order valence-corrected chi connectivity index (χ3v) is 5.83. The monoisotopic (exact) mass is 476 g/mol. The summed E-state index contributed by atoms with van der Waals surface area (Å²) in [6.07, 6.45) is -1.83. The quantitative estimate of drug-likeness (QED) is 0.452. The topological polar surface area (TPSA) is 108 Å². The minimum Gasteiger partial charge on any atom is -0.478 e. The summed E-state index contributed by atoms with van der Waals surface area (Å²) in [6.45, 7) is 1.52. The summed E-state index contributed by atoms with van der Waals surface area (Å²) in [5.41, 5.74) is 0.950. The number of anilines is 2. The number of aliphatic carboxylic acids is 1. The minimum atomic E-state index is -4.59. The maximum Gasteiger partial charge on any atom is 0.416 e. The first-order valence-corrected chi connectivity index (χ1v) is 10.3. The molecule has 1 aliphatic rings. The molecule has 1 atom stereocenters. The average molecular weight is 476 g/mol. The van der Waals surface area contributed by atoms with Crippen molar-refractivity contribution in [1.29, 1.82) is 5.26 Å². The van der Waals surface area contributed by atoms with Crippen molar-refractivity contribution in [2.75, 3.05) is 4.90 Å². The van der Waals surface area contributed by atoms with E-state index in [2.05, 4.69) is 15.0 Å². The number of rotatable bonds is 3. The Bertz CT molecular complexity index is 1550. The molecule has 2 aromatic carbocycles. The fourth-order valence-electron chi connectivity index (χ4n) is 4.30. The van der Waals surface area contributed by atoms with Crippen molar-refractivity contribution in [2.24, 2.45) is 0 Å². The van der Waals surface area contributed by atoms with Crippen molar-refractivity contribution >= 4 is 28.8 Å². The third kappa shape index (κ3) is 3.56. The van der Waals surface area contributed by atoms with Gasteiger partial charge in [0.15, 0.2) is 5.65 Å². The van der Waals surface area contributed by atoms with E-state index in [1.54, 1.807) is 28.8 Å². The van der Waals surface area contributed by atoms with Gasteiger partial charge in [0.05, 0.1) is 35.0 Å². The van der Waals surface area contributed by atoms with Crippen molar-refractivity contribution < 1.29 is 23.1 Å². The Kier molecular flexibility index (Phi) is 5.02. The first-order valence-electron chi connectivity index (χ1n) is 10.3. The second-order valence-electron chi connectivity index (χ2n) is 7.84. The molecule has 0 radical (unpaired) electrons. The lowest BCUT2D eigenvalue weighted by Crippen LogP contribution is -2.33. The summed E-state index contributed by atoms with van der Waals surface area (Å²) >= 11 is 0. The van der Waals surface area contributed by atoms with E-state index in [1.165, 1.54) is 36.5 Å². The van der Waals surface area contributed by atoms with E-state index >= 15 is 0 Å². The number of nitrogens with zero attached hydrogens (tertiary/aromatic N) is 6. The molecule has 0 amide bonds. The lowest BCUT2D eigenvalue weighted by atomic mass is 9.93. The van der Waals surface area contributed by atoms with Gasteiger partial charge in [-0.15, -0.1) is 0 Å². The molecule has 35 heavy (non-hydrogen) atoms. The number of carboxylic acids is 1. The van der Waals surface area contributed by atoms with Crippen LogP contribution < -0.4 is 4.90 Å². The Labute approximate surface area is 196 Å². The third-order valence-electron chi connectivity index (χ3n) is 5.83. The van der Waals surface area contributed by atoms with Crippen molar-refractivity contribution in [2.45, 2.75) is 19.1 Å². The molecule has 4 aromatic rings. The van der Waals surface area contributed by atoms with Crippen LogP contribution in [0.5, 0.6) is 0 Å². The number of hydrogen-bond acceptors (Lipinski definition) is 6. The average Bonchev–Trinajstić information content (AvgIpc) is 3.21. The second-order valence-corrected chi connectivity index (χ2v) is 7.84. The number of hydrogen-bond donors (Lipinski definition) is 1. The molecular formula is C24H15F3N6O2. The van der Waals surface area contributed by atoms with E-state index in [0.717, 1.165) is 12.1 Å². The van der Waals surface area contributed by atoms with Crippen LogP contribution in [0, 0.1) is 11.3 Å². The van der Waals surface area contributed by atoms with E-state index < -0.39 is 23.8 Å². The van der Waals surface area contributed by atoms with Crippen LogP contribution in [0.2, 0.25) is 0 Å². The molecule has 0 spiro atoms. The van der Waals surface area contributed by atoms with Crippen LogP contribution >= 0.6 is 0 Å². The smallest absolute Gasteiger partial charge is 0.416 e. The van der Waals surface area contributed by atoms with Crippen LogP contribution in [0.1, 0.15) is 29.7 Å². The summed E-state index contributed by atoms with van der Waals surface area (Å²) < 4.78 is 42.0. The molecule has 8 nitrogen and oxygen atoms in total. The van der Waals surface area contributed by atoms with E-state index in [4.69, 9.17) is 5.26 Å². The van der Waals surface area contributed by atoms with Crippen LogP contribution in [0.15, 0.2) is 72.3 Å². The Morgan fingerprint density at radius 3 is 2.57 bits per heavy atom. The number of fused-ring (bicyclic) bond motifs is 3. The molecule has 11 heteroatoms. The normalized spacial score (nSPS) is 15.7. The fraction of sp³-hybridized carbons (Fsp3) is 0.125.